The number of aromatic nitrogens is 2. The van der Waals surface area contributed by atoms with Crippen molar-refractivity contribution in [3.8, 4) is 0 Å². The van der Waals surface area contributed by atoms with E-state index in [9.17, 15) is 14.4 Å². The number of nitrogens with one attached hydrogen (secondary N) is 2. The van der Waals surface area contributed by atoms with E-state index < -0.39 is 23.6 Å². The van der Waals surface area contributed by atoms with Crippen molar-refractivity contribution in [1.82, 2.24) is 20.2 Å². The number of carbonyl (C=O) groups is 2. The van der Waals surface area contributed by atoms with Crippen LogP contribution >= 0.6 is 0 Å². The predicted octanol–water partition coefficient (Wildman–Crippen LogP) is 1.66. The van der Waals surface area contributed by atoms with E-state index in [0.29, 0.717) is 11.1 Å². The van der Waals surface area contributed by atoms with Gasteiger partial charge in [0.05, 0.1) is 36.8 Å². The van der Waals surface area contributed by atoms with Crippen molar-refractivity contribution in [2.45, 2.75) is 26.4 Å². The molecule has 3 heterocycles. The third-order valence-electron chi connectivity index (χ3n) is 4.54. The van der Waals surface area contributed by atoms with E-state index in [2.05, 4.69) is 15.6 Å². The minimum absolute atomic E-state index is 0.0509. The Morgan fingerprint density at radius 3 is 2.89 bits per heavy atom. The average Bonchev–Trinajstić information content (AvgIpc) is 3.03. The lowest BCUT2D eigenvalue weighted by atomic mass is 10.0. The largest absolute Gasteiger partial charge is 0.463 e. The first-order chi connectivity index (χ1) is 13.5. The molecule has 0 spiro atoms. The monoisotopic (exact) mass is 382 g/mol. The highest BCUT2D eigenvalue weighted by molar-refractivity contribution is 6.01. The number of furan rings is 1. The second-order valence-electron chi connectivity index (χ2n) is 6.39. The van der Waals surface area contributed by atoms with Crippen LogP contribution < -0.4 is 16.2 Å². The minimum Gasteiger partial charge on any atom is -0.463 e. The molecule has 1 aliphatic heterocycles. The molecule has 1 atom stereocenters. The number of ether oxygens (including phenoxy) is 1. The van der Waals surface area contributed by atoms with Crippen LogP contribution in [0, 0.1) is 0 Å². The lowest BCUT2D eigenvalue weighted by Gasteiger charge is -2.26. The third kappa shape index (κ3) is 2.90. The van der Waals surface area contributed by atoms with Crippen molar-refractivity contribution in [3.63, 3.8) is 0 Å². The molecule has 0 radical (unpaired) electrons. The van der Waals surface area contributed by atoms with E-state index in [1.54, 1.807) is 19.9 Å². The molecule has 0 saturated heterocycles. The normalized spacial score (nSPS) is 16.9. The van der Waals surface area contributed by atoms with Crippen LogP contribution in [0.4, 0.5) is 4.79 Å². The first-order valence-electron chi connectivity index (χ1n) is 8.84. The molecule has 1 aliphatic rings. The summed E-state index contributed by atoms with van der Waals surface area (Å²) in [6.45, 7) is 3.52. The Morgan fingerprint density at radius 2 is 2.11 bits per heavy atom. The van der Waals surface area contributed by atoms with Crippen LogP contribution in [0.2, 0.25) is 0 Å². The fourth-order valence-corrected chi connectivity index (χ4v) is 3.30. The molecule has 2 amide bonds. The summed E-state index contributed by atoms with van der Waals surface area (Å²) in [6, 6.07) is 6.23. The molecule has 3 aromatic rings. The SMILES string of the molecule is CCOC(=O)C1=C(Cn2cnc3c(oc4ccccc43)c2=O)NC(=O)N[C@@H]1C. The Morgan fingerprint density at radius 1 is 1.32 bits per heavy atom. The maximum atomic E-state index is 12.9. The van der Waals surface area contributed by atoms with E-state index in [0.717, 1.165) is 5.39 Å². The number of fused-ring (bicyclic) bond motifs is 3. The molecule has 0 aliphatic carbocycles. The Kier molecular flexibility index (Phi) is 4.34. The molecule has 1 aromatic carbocycles. The Balaban J connectivity index is 1.81. The lowest BCUT2D eigenvalue weighted by Crippen LogP contribution is -2.50. The number of esters is 1. The Bertz CT molecular complexity index is 1190. The van der Waals surface area contributed by atoms with Gasteiger partial charge in [-0.2, -0.15) is 0 Å². The number of carbonyl (C=O) groups excluding carboxylic acids is 2. The number of para-hydroxylation sites is 1. The molecule has 9 heteroatoms. The second-order valence-corrected chi connectivity index (χ2v) is 6.39. The Labute approximate surface area is 159 Å². The maximum Gasteiger partial charge on any atom is 0.337 e. The highest BCUT2D eigenvalue weighted by Gasteiger charge is 2.30. The van der Waals surface area contributed by atoms with E-state index in [1.165, 1.54) is 10.9 Å². The summed E-state index contributed by atoms with van der Waals surface area (Å²) in [6.07, 6.45) is 1.38. The van der Waals surface area contributed by atoms with Crippen LogP contribution in [0.5, 0.6) is 0 Å². The van der Waals surface area contributed by atoms with Crippen LogP contribution in [-0.4, -0.2) is 34.2 Å². The van der Waals surface area contributed by atoms with Gasteiger partial charge in [-0.3, -0.25) is 9.36 Å². The third-order valence-corrected chi connectivity index (χ3v) is 4.54. The molecule has 0 fully saturated rings. The van der Waals surface area contributed by atoms with E-state index in [-0.39, 0.29) is 30.0 Å². The van der Waals surface area contributed by atoms with Gasteiger partial charge in [-0.05, 0) is 26.0 Å². The van der Waals surface area contributed by atoms with Crippen molar-refractivity contribution >= 4 is 34.1 Å². The molecule has 4 rings (SSSR count). The zero-order chi connectivity index (χ0) is 19.8. The molecule has 144 valence electrons. The smallest absolute Gasteiger partial charge is 0.337 e. The van der Waals surface area contributed by atoms with Gasteiger partial charge in [0.25, 0.3) is 5.56 Å². The molecule has 2 aromatic heterocycles. The predicted molar refractivity (Wildman–Crippen MR) is 101 cm³/mol. The minimum atomic E-state index is -0.554. The van der Waals surface area contributed by atoms with Gasteiger partial charge in [-0.15, -0.1) is 0 Å². The highest BCUT2D eigenvalue weighted by Crippen LogP contribution is 2.24. The number of allylic oxidation sites excluding steroid dienone is 1. The van der Waals surface area contributed by atoms with E-state index in [1.807, 2.05) is 18.2 Å². The maximum absolute atomic E-state index is 12.9. The summed E-state index contributed by atoms with van der Waals surface area (Å²) in [5.74, 6) is -0.552. The van der Waals surface area contributed by atoms with Gasteiger partial charge < -0.3 is 19.8 Å². The van der Waals surface area contributed by atoms with Gasteiger partial charge in [-0.25, -0.2) is 14.6 Å². The molecule has 2 N–H and O–H groups in total. The zero-order valence-corrected chi connectivity index (χ0v) is 15.3. The number of nitrogens with zero attached hydrogens (tertiary/aromatic N) is 2. The molecule has 0 unspecified atom stereocenters. The van der Waals surface area contributed by atoms with Gasteiger partial charge in [0, 0.05) is 5.39 Å². The van der Waals surface area contributed by atoms with Crippen molar-refractivity contribution in [2.24, 2.45) is 0 Å². The van der Waals surface area contributed by atoms with Crippen molar-refractivity contribution in [2.75, 3.05) is 6.61 Å². The highest BCUT2D eigenvalue weighted by atomic mass is 16.5. The van der Waals surface area contributed by atoms with Crippen LogP contribution in [0.25, 0.3) is 22.1 Å². The fraction of sp³-hybridized carbons (Fsp3) is 0.263. The second kappa shape index (κ2) is 6.84. The van der Waals surface area contributed by atoms with Gasteiger partial charge in [0.2, 0.25) is 5.58 Å². The molecule has 9 nitrogen and oxygen atoms in total. The topological polar surface area (TPSA) is 115 Å². The first-order valence-corrected chi connectivity index (χ1v) is 8.84. The number of benzene rings is 1. The summed E-state index contributed by atoms with van der Waals surface area (Å²) >= 11 is 0. The first kappa shape index (κ1) is 17.8. The van der Waals surface area contributed by atoms with Crippen molar-refractivity contribution in [1.29, 1.82) is 0 Å². The van der Waals surface area contributed by atoms with Crippen LogP contribution in [0.3, 0.4) is 0 Å². The number of amides is 2. The van der Waals surface area contributed by atoms with Crippen LogP contribution in [0.15, 0.2) is 51.1 Å². The van der Waals surface area contributed by atoms with Gasteiger partial charge >= 0.3 is 12.0 Å². The number of hydrogen-bond acceptors (Lipinski definition) is 6. The molecular formula is C19H18N4O5. The standard InChI is InChI=1S/C19H18N4O5/c1-3-27-18(25)14-10(2)21-19(26)22-12(14)8-23-9-20-15-11-6-4-5-7-13(11)28-16(15)17(23)24/h4-7,9-10H,3,8H2,1-2H3,(H2,21,22,26)/t10-/m1/s1. The summed E-state index contributed by atoms with van der Waals surface area (Å²) in [5, 5.41) is 5.96. The Hall–Kier alpha value is -3.62. The average molecular weight is 382 g/mol. The molecule has 0 saturated carbocycles. The van der Waals surface area contributed by atoms with E-state index >= 15 is 0 Å². The number of urea groups is 1. The molecule has 28 heavy (non-hydrogen) atoms. The summed E-state index contributed by atoms with van der Waals surface area (Å²) in [5.41, 5.74) is 1.30. The van der Waals surface area contributed by atoms with Crippen molar-refractivity contribution < 1.29 is 18.7 Å². The molecule has 0 bridgehead atoms. The van der Waals surface area contributed by atoms with E-state index in [4.69, 9.17) is 9.15 Å². The van der Waals surface area contributed by atoms with Gasteiger partial charge in [0.15, 0.2) is 0 Å². The number of rotatable bonds is 4. The summed E-state index contributed by atoms with van der Waals surface area (Å²) in [4.78, 5) is 41.5. The number of hydrogen-bond donors (Lipinski definition) is 2. The lowest BCUT2D eigenvalue weighted by molar-refractivity contribution is -0.139. The van der Waals surface area contributed by atoms with Crippen LogP contribution in [-0.2, 0) is 16.1 Å². The molecular weight excluding hydrogens is 364 g/mol. The van der Waals surface area contributed by atoms with Crippen molar-refractivity contribution in [3.05, 3.63) is 52.2 Å². The van der Waals surface area contributed by atoms with Crippen LogP contribution in [0.1, 0.15) is 13.8 Å². The summed E-state index contributed by atoms with van der Waals surface area (Å²) < 4.78 is 12.0. The summed E-state index contributed by atoms with van der Waals surface area (Å²) in [7, 11) is 0. The van der Waals surface area contributed by atoms with Gasteiger partial charge in [-0.1, -0.05) is 12.1 Å². The quantitative estimate of drug-likeness (QED) is 0.663. The van der Waals surface area contributed by atoms with Gasteiger partial charge in [0.1, 0.15) is 11.1 Å². The fourth-order valence-electron chi connectivity index (χ4n) is 3.30. The zero-order valence-electron chi connectivity index (χ0n) is 15.3.